The fourth-order valence-electron chi connectivity index (χ4n) is 1.89. The molecule has 3 heteroatoms. The minimum atomic E-state index is -0.285. The molecule has 15 heavy (non-hydrogen) atoms. The van der Waals surface area contributed by atoms with Gasteiger partial charge < -0.3 is 0 Å². The van der Waals surface area contributed by atoms with Gasteiger partial charge in [0.15, 0.2) is 0 Å². The zero-order valence-electron chi connectivity index (χ0n) is 8.69. The molecule has 0 saturated heterocycles. The van der Waals surface area contributed by atoms with E-state index in [0.29, 0.717) is 0 Å². The molecule has 2 rings (SSSR count). The molecule has 0 unspecified atom stereocenters. The second kappa shape index (κ2) is 4.43. The first-order chi connectivity index (χ1) is 7.27. The fourth-order valence-corrected chi connectivity index (χ4v) is 1.89. The number of aryl methyl sites for hydroxylation is 1. The lowest BCUT2D eigenvalue weighted by Crippen LogP contribution is -1.95. The maximum Gasteiger partial charge on any atom is 0.272 e. The van der Waals surface area contributed by atoms with Gasteiger partial charge in [-0.2, -0.15) is 0 Å². The smallest absolute Gasteiger partial charge is 0.258 e. The number of para-hydroxylation sites is 1. The number of nitro benzene ring substituents is 1. The monoisotopic (exact) mass is 205 g/mol. The van der Waals surface area contributed by atoms with Crippen molar-refractivity contribution in [2.24, 2.45) is 5.92 Å². The van der Waals surface area contributed by atoms with Crippen LogP contribution in [0.4, 0.5) is 5.69 Å². The molecule has 0 aromatic heterocycles. The van der Waals surface area contributed by atoms with E-state index in [9.17, 15) is 10.1 Å². The highest BCUT2D eigenvalue weighted by molar-refractivity contribution is 5.39. The van der Waals surface area contributed by atoms with E-state index in [1.165, 1.54) is 19.3 Å². The highest BCUT2D eigenvalue weighted by Crippen LogP contribution is 2.34. The largest absolute Gasteiger partial charge is 0.272 e. The van der Waals surface area contributed by atoms with E-state index in [1.54, 1.807) is 12.1 Å². The second-order valence-corrected chi connectivity index (χ2v) is 4.22. The number of rotatable bonds is 5. The Balaban J connectivity index is 1.95. The molecule has 0 atom stereocenters. The molecule has 0 aliphatic heterocycles. The Hall–Kier alpha value is -1.38. The molecule has 80 valence electrons. The summed E-state index contributed by atoms with van der Waals surface area (Å²) in [6, 6.07) is 7.06. The van der Waals surface area contributed by atoms with Crippen LogP contribution in [0.2, 0.25) is 0 Å². The van der Waals surface area contributed by atoms with Gasteiger partial charge in [0.25, 0.3) is 5.69 Å². The van der Waals surface area contributed by atoms with Crippen molar-refractivity contribution < 1.29 is 4.92 Å². The summed E-state index contributed by atoms with van der Waals surface area (Å²) >= 11 is 0. The van der Waals surface area contributed by atoms with E-state index >= 15 is 0 Å². The number of nitro groups is 1. The van der Waals surface area contributed by atoms with Gasteiger partial charge in [-0.3, -0.25) is 10.1 Å². The van der Waals surface area contributed by atoms with E-state index in [2.05, 4.69) is 0 Å². The molecule has 0 heterocycles. The zero-order chi connectivity index (χ0) is 10.7. The van der Waals surface area contributed by atoms with Crippen LogP contribution in [0.15, 0.2) is 24.3 Å². The van der Waals surface area contributed by atoms with E-state index in [0.717, 1.165) is 24.3 Å². The lowest BCUT2D eigenvalue weighted by Gasteiger charge is -2.01. The van der Waals surface area contributed by atoms with Crippen molar-refractivity contribution in [1.29, 1.82) is 0 Å². The van der Waals surface area contributed by atoms with Crippen LogP contribution in [0.1, 0.15) is 31.2 Å². The van der Waals surface area contributed by atoms with Gasteiger partial charge >= 0.3 is 0 Å². The van der Waals surface area contributed by atoms with Crippen LogP contribution in [-0.2, 0) is 6.42 Å². The van der Waals surface area contributed by atoms with Gasteiger partial charge in [-0.1, -0.05) is 37.5 Å². The molecule has 0 amide bonds. The van der Waals surface area contributed by atoms with E-state index in [4.69, 9.17) is 0 Å². The third-order valence-corrected chi connectivity index (χ3v) is 2.94. The molecular weight excluding hydrogens is 190 g/mol. The summed E-state index contributed by atoms with van der Waals surface area (Å²) < 4.78 is 0. The predicted molar refractivity (Wildman–Crippen MR) is 58.8 cm³/mol. The molecule has 1 aromatic rings. The van der Waals surface area contributed by atoms with Crippen molar-refractivity contribution in [2.75, 3.05) is 0 Å². The minimum Gasteiger partial charge on any atom is -0.258 e. The first-order valence-corrected chi connectivity index (χ1v) is 5.49. The quantitative estimate of drug-likeness (QED) is 0.546. The Bertz CT molecular complexity index is 358. The minimum absolute atomic E-state index is 0.272. The first kappa shape index (κ1) is 10.1. The van der Waals surface area contributed by atoms with E-state index in [1.807, 2.05) is 12.1 Å². The summed E-state index contributed by atoms with van der Waals surface area (Å²) in [6.07, 6.45) is 5.86. The average Bonchev–Trinajstić information content (AvgIpc) is 3.02. The van der Waals surface area contributed by atoms with Crippen molar-refractivity contribution in [3.8, 4) is 0 Å². The summed E-state index contributed by atoms with van der Waals surface area (Å²) in [5, 5.41) is 10.7. The fraction of sp³-hybridized carbons (Fsp3) is 0.500. The molecule has 0 spiro atoms. The lowest BCUT2D eigenvalue weighted by molar-refractivity contribution is -0.385. The number of hydrogen-bond donors (Lipinski definition) is 0. The third-order valence-electron chi connectivity index (χ3n) is 2.94. The Morgan fingerprint density at radius 3 is 2.73 bits per heavy atom. The van der Waals surface area contributed by atoms with Crippen LogP contribution < -0.4 is 0 Å². The third kappa shape index (κ3) is 2.78. The molecule has 0 N–H and O–H groups in total. The Morgan fingerprint density at radius 2 is 2.07 bits per heavy atom. The van der Waals surface area contributed by atoms with Gasteiger partial charge in [-0.25, -0.2) is 0 Å². The summed E-state index contributed by atoms with van der Waals surface area (Å²) in [6.45, 7) is 0. The molecule has 3 nitrogen and oxygen atoms in total. The summed E-state index contributed by atoms with van der Waals surface area (Å²) in [5.74, 6) is 0.910. The molecule has 1 aliphatic rings. The Morgan fingerprint density at radius 1 is 1.33 bits per heavy atom. The maximum absolute atomic E-state index is 10.7. The van der Waals surface area contributed by atoms with Crippen LogP contribution >= 0.6 is 0 Å². The van der Waals surface area contributed by atoms with Crippen molar-refractivity contribution in [1.82, 2.24) is 0 Å². The first-order valence-electron chi connectivity index (χ1n) is 5.49. The van der Waals surface area contributed by atoms with Gasteiger partial charge in [0.1, 0.15) is 0 Å². The molecular formula is C12H15NO2. The van der Waals surface area contributed by atoms with E-state index in [-0.39, 0.29) is 10.6 Å². The summed E-state index contributed by atoms with van der Waals surface area (Å²) in [4.78, 5) is 10.5. The normalized spacial score (nSPS) is 15.2. The van der Waals surface area contributed by atoms with Crippen LogP contribution in [0, 0.1) is 16.0 Å². The molecule has 1 saturated carbocycles. The van der Waals surface area contributed by atoms with Gasteiger partial charge in [0.05, 0.1) is 4.92 Å². The maximum atomic E-state index is 10.7. The Labute approximate surface area is 89.3 Å². The highest BCUT2D eigenvalue weighted by Gasteiger charge is 2.21. The SMILES string of the molecule is O=[N+]([O-])c1ccccc1CCCC1CC1. The predicted octanol–water partition coefficient (Wildman–Crippen LogP) is 3.33. The molecule has 1 aliphatic carbocycles. The van der Waals surface area contributed by atoms with Crippen LogP contribution in [0.25, 0.3) is 0 Å². The van der Waals surface area contributed by atoms with Crippen LogP contribution in [0.5, 0.6) is 0 Å². The topological polar surface area (TPSA) is 43.1 Å². The zero-order valence-corrected chi connectivity index (χ0v) is 8.69. The van der Waals surface area contributed by atoms with Gasteiger partial charge in [-0.15, -0.1) is 0 Å². The highest BCUT2D eigenvalue weighted by atomic mass is 16.6. The van der Waals surface area contributed by atoms with Crippen molar-refractivity contribution >= 4 is 5.69 Å². The van der Waals surface area contributed by atoms with Gasteiger partial charge in [-0.05, 0) is 18.8 Å². The standard InChI is InChI=1S/C12H15NO2/c14-13(15)12-7-2-1-5-11(12)6-3-4-10-8-9-10/h1-2,5,7,10H,3-4,6,8-9H2. The van der Waals surface area contributed by atoms with Crippen molar-refractivity contribution in [2.45, 2.75) is 32.1 Å². The van der Waals surface area contributed by atoms with Gasteiger partial charge in [0, 0.05) is 11.6 Å². The lowest BCUT2D eigenvalue weighted by atomic mass is 10.0. The van der Waals surface area contributed by atoms with E-state index < -0.39 is 0 Å². The molecule has 1 aromatic carbocycles. The van der Waals surface area contributed by atoms with Gasteiger partial charge in [0.2, 0.25) is 0 Å². The number of benzene rings is 1. The van der Waals surface area contributed by atoms with Crippen molar-refractivity contribution in [3.05, 3.63) is 39.9 Å². The number of hydrogen-bond acceptors (Lipinski definition) is 2. The summed E-state index contributed by atoms with van der Waals surface area (Å²) in [7, 11) is 0. The molecule has 1 fully saturated rings. The summed E-state index contributed by atoms with van der Waals surface area (Å²) in [5.41, 5.74) is 1.15. The molecule has 0 bridgehead atoms. The number of nitrogens with zero attached hydrogens (tertiary/aromatic N) is 1. The average molecular weight is 205 g/mol. The molecule has 0 radical (unpaired) electrons. The second-order valence-electron chi connectivity index (χ2n) is 4.22. The Kier molecular flexibility index (Phi) is 2.99. The van der Waals surface area contributed by atoms with Crippen LogP contribution in [0.3, 0.4) is 0 Å². The van der Waals surface area contributed by atoms with Crippen LogP contribution in [-0.4, -0.2) is 4.92 Å². The van der Waals surface area contributed by atoms with Crippen molar-refractivity contribution in [3.63, 3.8) is 0 Å².